The van der Waals surface area contributed by atoms with Crippen LogP contribution in [-0.4, -0.2) is 77.3 Å². The van der Waals surface area contributed by atoms with Crippen molar-refractivity contribution >= 4 is 11.8 Å². The lowest BCUT2D eigenvalue weighted by Gasteiger charge is -2.35. The molecule has 2 amide bonds. The summed E-state index contributed by atoms with van der Waals surface area (Å²) in [5.74, 6) is 0.366. The van der Waals surface area contributed by atoms with Gasteiger partial charge in [0.05, 0.1) is 6.54 Å². The Kier molecular flexibility index (Phi) is 7.18. The first-order valence-corrected chi connectivity index (χ1v) is 8.80. The number of aryl methyl sites for hydroxylation is 1. The van der Waals surface area contributed by atoms with Crippen LogP contribution in [-0.2, 0) is 16.0 Å². The number of pyridine rings is 1. The molecule has 24 heavy (non-hydrogen) atoms. The van der Waals surface area contributed by atoms with Crippen molar-refractivity contribution in [2.24, 2.45) is 0 Å². The van der Waals surface area contributed by atoms with E-state index in [0.29, 0.717) is 26.1 Å². The molecule has 6 nitrogen and oxygen atoms in total. The molecule has 0 radical (unpaired) electrons. The Balaban J connectivity index is 1.72. The van der Waals surface area contributed by atoms with Gasteiger partial charge in [-0.1, -0.05) is 6.07 Å². The summed E-state index contributed by atoms with van der Waals surface area (Å²) < 4.78 is 0. The number of carbonyl (C=O) groups is 2. The maximum atomic E-state index is 12.3. The second-order valence-corrected chi connectivity index (χ2v) is 6.08. The molecular weight excluding hydrogens is 304 g/mol. The van der Waals surface area contributed by atoms with Gasteiger partial charge in [0.1, 0.15) is 0 Å². The van der Waals surface area contributed by atoms with E-state index < -0.39 is 0 Å². The molecule has 0 saturated carbocycles. The number of nitrogens with zero attached hydrogens (tertiary/aromatic N) is 4. The van der Waals surface area contributed by atoms with Gasteiger partial charge in [-0.2, -0.15) is 0 Å². The average Bonchev–Trinajstić information content (AvgIpc) is 2.62. The molecule has 2 heterocycles. The summed E-state index contributed by atoms with van der Waals surface area (Å²) in [5, 5.41) is 0. The molecule has 0 aliphatic carbocycles. The van der Waals surface area contributed by atoms with Crippen LogP contribution in [0, 0.1) is 0 Å². The van der Waals surface area contributed by atoms with Gasteiger partial charge in [0.2, 0.25) is 11.8 Å². The predicted octanol–water partition coefficient (Wildman–Crippen LogP) is 1.03. The molecule has 1 aliphatic heterocycles. The third kappa shape index (κ3) is 5.30. The second-order valence-electron chi connectivity index (χ2n) is 6.08. The number of amides is 2. The van der Waals surface area contributed by atoms with Crippen LogP contribution < -0.4 is 0 Å². The Hall–Kier alpha value is -1.95. The fourth-order valence-corrected chi connectivity index (χ4v) is 2.98. The highest BCUT2D eigenvalue weighted by Gasteiger charge is 2.23. The van der Waals surface area contributed by atoms with Gasteiger partial charge in [-0.05, 0) is 31.9 Å². The number of rotatable bonds is 7. The van der Waals surface area contributed by atoms with Gasteiger partial charge in [-0.3, -0.25) is 19.5 Å². The van der Waals surface area contributed by atoms with E-state index in [4.69, 9.17) is 0 Å². The lowest BCUT2D eigenvalue weighted by molar-refractivity contribution is -0.135. The van der Waals surface area contributed by atoms with Crippen LogP contribution in [0.2, 0.25) is 0 Å². The van der Waals surface area contributed by atoms with E-state index >= 15 is 0 Å². The molecule has 0 unspecified atom stereocenters. The van der Waals surface area contributed by atoms with Crippen molar-refractivity contribution in [2.45, 2.75) is 26.7 Å². The van der Waals surface area contributed by atoms with Gasteiger partial charge in [-0.25, -0.2) is 0 Å². The molecule has 2 rings (SSSR count). The van der Waals surface area contributed by atoms with Crippen LogP contribution in [0.25, 0.3) is 0 Å². The summed E-state index contributed by atoms with van der Waals surface area (Å²) in [5.41, 5.74) is 1.09. The van der Waals surface area contributed by atoms with Gasteiger partial charge in [0, 0.05) is 58.1 Å². The summed E-state index contributed by atoms with van der Waals surface area (Å²) in [6, 6.07) is 3.89. The van der Waals surface area contributed by atoms with Crippen LogP contribution in [0.1, 0.15) is 25.8 Å². The Morgan fingerprint density at radius 2 is 1.88 bits per heavy atom. The highest BCUT2D eigenvalue weighted by atomic mass is 16.2. The van der Waals surface area contributed by atoms with E-state index in [9.17, 15) is 9.59 Å². The molecule has 6 heteroatoms. The fourth-order valence-electron chi connectivity index (χ4n) is 2.98. The zero-order valence-corrected chi connectivity index (χ0v) is 14.8. The average molecular weight is 332 g/mol. The van der Waals surface area contributed by atoms with Crippen molar-refractivity contribution < 1.29 is 9.59 Å². The number of hydrogen-bond acceptors (Lipinski definition) is 4. The van der Waals surface area contributed by atoms with Crippen molar-refractivity contribution in [3.63, 3.8) is 0 Å². The number of hydrogen-bond donors (Lipinski definition) is 0. The zero-order valence-electron chi connectivity index (χ0n) is 14.8. The minimum Gasteiger partial charge on any atom is -0.342 e. The zero-order chi connectivity index (χ0) is 17.4. The molecule has 0 atom stereocenters. The Morgan fingerprint density at radius 1 is 1.17 bits per heavy atom. The van der Waals surface area contributed by atoms with Gasteiger partial charge in [0.25, 0.3) is 0 Å². The largest absolute Gasteiger partial charge is 0.342 e. The van der Waals surface area contributed by atoms with Gasteiger partial charge >= 0.3 is 0 Å². The SMILES string of the molecule is CCN(CC)C(=O)CN1CCN(C(=O)CCc2cccnc2)CC1. The highest BCUT2D eigenvalue weighted by molar-refractivity contribution is 5.78. The minimum absolute atomic E-state index is 0.177. The van der Waals surface area contributed by atoms with E-state index in [1.165, 1.54) is 0 Å². The molecule has 1 fully saturated rings. The highest BCUT2D eigenvalue weighted by Crippen LogP contribution is 2.07. The monoisotopic (exact) mass is 332 g/mol. The molecule has 1 aromatic rings. The van der Waals surface area contributed by atoms with Crippen LogP contribution in [0.5, 0.6) is 0 Å². The number of likely N-dealkylation sites (N-methyl/N-ethyl adjacent to an activating group) is 1. The Bertz CT molecular complexity index is 523. The summed E-state index contributed by atoms with van der Waals surface area (Å²) in [7, 11) is 0. The van der Waals surface area contributed by atoms with Crippen molar-refractivity contribution in [2.75, 3.05) is 45.8 Å². The third-order valence-electron chi connectivity index (χ3n) is 4.55. The lowest BCUT2D eigenvalue weighted by Crippen LogP contribution is -2.51. The van der Waals surface area contributed by atoms with E-state index in [1.54, 1.807) is 6.20 Å². The molecular formula is C18H28N4O2. The quantitative estimate of drug-likeness (QED) is 0.748. The molecule has 0 aromatic carbocycles. The normalized spacial score (nSPS) is 15.3. The molecule has 132 valence electrons. The fraction of sp³-hybridized carbons (Fsp3) is 0.611. The number of piperazine rings is 1. The molecule has 0 bridgehead atoms. The topological polar surface area (TPSA) is 56.8 Å². The van der Waals surface area contributed by atoms with Gasteiger partial charge in [-0.15, -0.1) is 0 Å². The van der Waals surface area contributed by atoms with Gasteiger partial charge < -0.3 is 9.80 Å². The van der Waals surface area contributed by atoms with Gasteiger partial charge in [0.15, 0.2) is 0 Å². The maximum Gasteiger partial charge on any atom is 0.236 e. The van der Waals surface area contributed by atoms with Crippen molar-refractivity contribution in [1.29, 1.82) is 0 Å². The Morgan fingerprint density at radius 3 is 2.46 bits per heavy atom. The smallest absolute Gasteiger partial charge is 0.236 e. The van der Waals surface area contributed by atoms with Crippen LogP contribution in [0.15, 0.2) is 24.5 Å². The molecule has 1 saturated heterocycles. The van der Waals surface area contributed by atoms with E-state index in [0.717, 1.165) is 38.2 Å². The summed E-state index contributed by atoms with van der Waals surface area (Å²) >= 11 is 0. The first-order chi connectivity index (χ1) is 11.6. The first-order valence-electron chi connectivity index (χ1n) is 8.80. The molecule has 0 N–H and O–H groups in total. The maximum absolute atomic E-state index is 12.3. The molecule has 1 aromatic heterocycles. The van der Waals surface area contributed by atoms with Crippen LogP contribution >= 0.6 is 0 Å². The summed E-state index contributed by atoms with van der Waals surface area (Å²) in [4.78, 5) is 34.4. The summed E-state index contributed by atoms with van der Waals surface area (Å²) in [6.45, 7) is 8.91. The number of carbonyl (C=O) groups excluding carboxylic acids is 2. The van der Waals surface area contributed by atoms with Crippen molar-refractivity contribution in [3.8, 4) is 0 Å². The second kappa shape index (κ2) is 9.37. The van der Waals surface area contributed by atoms with E-state index in [1.807, 2.05) is 42.0 Å². The van der Waals surface area contributed by atoms with Crippen LogP contribution in [0.4, 0.5) is 0 Å². The third-order valence-corrected chi connectivity index (χ3v) is 4.55. The van der Waals surface area contributed by atoms with E-state index in [2.05, 4.69) is 9.88 Å². The lowest BCUT2D eigenvalue weighted by atomic mass is 10.1. The Labute approximate surface area is 144 Å². The first kappa shape index (κ1) is 18.4. The number of aromatic nitrogens is 1. The van der Waals surface area contributed by atoms with Crippen LogP contribution in [0.3, 0.4) is 0 Å². The standard InChI is InChI=1S/C18H28N4O2/c1-3-21(4-2)18(24)15-20-10-12-22(13-11-20)17(23)8-7-16-6-5-9-19-14-16/h5-6,9,14H,3-4,7-8,10-13,15H2,1-2H3. The minimum atomic E-state index is 0.177. The van der Waals surface area contributed by atoms with Crippen molar-refractivity contribution in [3.05, 3.63) is 30.1 Å². The predicted molar refractivity (Wildman–Crippen MR) is 93.5 cm³/mol. The van der Waals surface area contributed by atoms with Crippen molar-refractivity contribution in [1.82, 2.24) is 19.7 Å². The van der Waals surface area contributed by atoms with E-state index in [-0.39, 0.29) is 11.8 Å². The summed E-state index contributed by atoms with van der Waals surface area (Å²) in [6.07, 6.45) is 4.80. The molecule has 1 aliphatic rings. The molecule has 0 spiro atoms.